The van der Waals surface area contributed by atoms with Crippen molar-refractivity contribution in [2.75, 3.05) is 13.1 Å². The molecule has 2 aliphatic heterocycles. The van der Waals surface area contributed by atoms with E-state index < -0.39 is 14.9 Å². The first kappa shape index (κ1) is 14.4. The predicted molar refractivity (Wildman–Crippen MR) is 76.4 cm³/mol. The molecule has 2 bridgehead atoms. The van der Waals surface area contributed by atoms with E-state index >= 15 is 0 Å². The van der Waals surface area contributed by atoms with Gasteiger partial charge in [-0.25, -0.2) is 8.42 Å². The number of piperidine rings is 1. The van der Waals surface area contributed by atoms with Gasteiger partial charge in [-0.15, -0.1) is 0 Å². The van der Waals surface area contributed by atoms with Gasteiger partial charge in [-0.1, -0.05) is 12.5 Å². The molecule has 7 nitrogen and oxygen atoms in total. The van der Waals surface area contributed by atoms with Gasteiger partial charge in [0.05, 0.1) is 9.82 Å². The zero-order chi connectivity index (χ0) is 15.0. The van der Waals surface area contributed by atoms with E-state index in [0.717, 1.165) is 25.3 Å². The molecule has 2 atom stereocenters. The fraction of sp³-hybridized carbons (Fsp3) is 0.538. The van der Waals surface area contributed by atoms with E-state index in [1.54, 1.807) is 0 Å². The quantitative estimate of drug-likeness (QED) is 0.667. The van der Waals surface area contributed by atoms with Crippen molar-refractivity contribution < 1.29 is 13.3 Å². The highest BCUT2D eigenvalue weighted by Crippen LogP contribution is 2.26. The standard InChI is InChI=1S/C13H17N3O4S/c17-16(18)12-5-2-6-13(7-12)21(19,20)15-8-10-3-1-4-11(9-15)14-10/h2,5-7,10-11,14H,1,3-4,8-9H2. The minimum Gasteiger partial charge on any atom is -0.309 e. The van der Waals surface area contributed by atoms with Crippen LogP contribution in [0.4, 0.5) is 5.69 Å². The van der Waals surface area contributed by atoms with Gasteiger partial charge in [0.2, 0.25) is 10.0 Å². The lowest BCUT2D eigenvalue weighted by Gasteiger charge is -2.41. The average Bonchev–Trinajstić information content (AvgIpc) is 2.47. The fourth-order valence-electron chi connectivity index (χ4n) is 3.07. The molecule has 2 aliphatic rings. The zero-order valence-electron chi connectivity index (χ0n) is 11.4. The number of nitrogens with zero attached hydrogens (tertiary/aromatic N) is 2. The summed E-state index contributed by atoms with van der Waals surface area (Å²) in [6.45, 7) is 0.864. The Morgan fingerprint density at radius 1 is 1.24 bits per heavy atom. The van der Waals surface area contributed by atoms with Crippen molar-refractivity contribution in [1.82, 2.24) is 9.62 Å². The molecule has 1 aromatic rings. The highest BCUT2D eigenvalue weighted by Gasteiger charge is 2.36. The Kier molecular flexibility index (Phi) is 3.68. The minimum atomic E-state index is -3.67. The van der Waals surface area contributed by atoms with Crippen molar-refractivity contribution in [2.24, 2.45) is 0 Å². The molecule has 2 heterocycles. The number of nitro benzene ring substituents is 1. The molecule has 2 fully saturated rings. The van der Waals surface area contributed by atoms with Crippen LogP contribution in [0, 0.1) is 10.1 Å². The maximum Gasteiger partial charge on any atom is 0.270 e. The summed E-state index contributed by atoms with van der Waals surface area (Å²) >= 11 is 0. The van der Waals surface area contributed by atoms with Crippen LogP contribution in [0.3, 0.4) is 0 Å². The Morgan fingerprint density at radius 3 is 2.52 bits per heavy atom. The highest BCUT2D eigenvalue weighted by atomic mass is 32.2. The number of nitro groups is 1. The van der Waals surface area contributed by atoms with Crippen LogP contribution < -0.4 is 5.32 Å². The van der Waals surface area contributed by atoms with E-state index in [2.05, 4.69) is 5.32 Å². The number of hydrogen-bond donors (Lipinski definition) is 1. The first-order chi connectivity index (χ1) is 9.96. The lowest BCUT2D eigenvalue weighted by atomic mass is 9.96. The summed E-state index contributed by atoms with van der Waals surface area (Å²) in [7, 11) is -3.67. The van der Waals surface area contributed by atoms with Gasteiger partial charge in [0.15, 0.2) is 0 Å². The Balaban J connectivity index is 1.89. The van der Waals surface area contributed by atoms with Gasteiger partial charge in [-0.2, -0.15) is 4.31 Å². The number of benzene rings is 1. The van der Waals surface area contributed by atoms with Gasteiger partial charge in [-0.3, -0.25) is 10.1 Å². The van der Waals surface area contributed by atoms with Crippen molar-refractivity contribution >= 4 is 15.7 Å². The third-order valence-electron chi connectivity index (χ3n) is 4.09. The number of rotatable bonds is 3. The van der Waals surface area contributed by atoms with E-state index in [1.807, 2.05) is 0 Å². The van der Waals surface area contributed by atoms with E-state index in [1.165, 1.54) is 22.5 Å². The first-order valence-corrected chi connectivity index (χ1v) is 8.41. The molecule has 0 amide bonds. The number of piperazine rings is 1. The second-order valence-electron chi connectivity index (χ2n) is 5.57. The first-order valence-electron chi connectivity index (χ1n) is 6.97. The van der Waals surface area contributed by atoms with E-state index in [9.17, 15) is 18.5 Å². The molecule has 1 aromatic carbocycles. The minimum absolute atomic E-state index is 0.00308. The lowest BCUT2D eigenvalue weighted by molar-refractivity contribution is -0.385. The number of sulfonamides is 1. The smallest absolute Gasteiger partial charge is 0.270 e. The summed E-state index contributed by atoms with van der Waals surface area (Å²) in [4.78, 5) is 10.2. The van der Waals surface area contributed by atoms with Gasteiger partial charge in [0.25, 0.3) is 5.69 Å². The molecule has 0 aromatic heterocycles. The Bertz CT molecular complexity index is 649. The summed E-state index contributed by atoms with van der Waals surface area (Å²) in [5.41, 5.74) is -0.202. The van der Waals surface area contributed by atoms with Crippen LogP contribution in [0.5, 0.6) is 0 Å². The Hall–Kier alpha value is -1.51. The van der Waals surface area contributed by atoms with Crippen LogP contribution in [-0.4, -0.2) is 42.8 Å². The Morgan fingerprint density at radius 2 is 1.90 bits per heavy atom. The maximum absolute atomic E-state index is 12.7. The molecular formula is C13H17N3O4S. The van der Waals surface area contributed by atoms with Crippen LogP contribution in [0.1, 0.15) is 19.3 Å². The monoisotopic (exact) mass is 311 g/mol. The van der Waals surface area contributed by atoms with Gasteiger partial charge in [0.1, 0.15) is 0 Å². The topological polar surface area (TPSA) is 92.5 Å². The van der Waals surface area contributed by atoms with E-state index in [0.29, 0.717) is 13.1 Å². The normalized spacial score (nSPS) is 26.5. The summed E-state index contributed by atoms with van der Waals surface area (Å²) in [5, 5.41) is 14.2. The molecule has 2 saturated heterocycles. The molecule has 3 rings (SSSR count). The number of nitrogens with one attached hydrogen (secondary N) is 1. The predicted octanol–water partition coefficient (Wildman–Crippen LogP) is 1.11. The van der Waals surface area contributed by atoms with Gasteiger partial charge >= 0.3 is 0 Å². The molecular weight excluding hydrogens is 294 g/mol. The van der Waals surface area contributed by atoms with Crippen molar-refractivity contribution in [3.63, 3.8) is 0 Å². The molecule has 21 heavy (non-hydrogen) atoms. The van der Waals surface area contributed by atoms with E-state index in [-0.39, 0.29) is 22.7 Å². The fourth-order valence-corrected chi connectivity index (χ4v) is 4.64. The molecule has 114 valence electrons. The van der Waals surface area contributed by atoms with Crippen LogP contribution in [-0.2, 0) is 10.0 Å². The number of fused-ring (bicyclic) bond motifs is 2. The summed E-state index contributed by atoms with van der Waals surface area (Å²) < 4.78 is 26.8. The summed E-state index contributed by atoms with van der Waals surface area (Å²) in [5.74, 6) is 0. The Labute approximate surface area is 123 Å². The maximum atomic E-state index is 12.7. The van der Waals surface area contributed by atoms with Gasteiger partial charge in [0, 0.05) is 37.3 Å². The SMILES string of the molecule is O=[N+]([O-])c1cccc(S(=O)(=O)N2CC3CCCC(C2)N3)c1. The highest BCUT2D eigenvalue weighted by molar-refractivity contribution is 7.89. The molecule has 8 heteroatoms. The second-order valence-corrected chi connectivity index (χ2v) is 7.51. The van der Waals surface area contributed by atoms with Crippen LogP contribution in [0.15, 0.2) is 29.2 Å². The largest absolute Gasteiger partial charge is 0.309 e. The van der Waals surface area contributed by atoms with E-state index in [4.69, 9.17) is 0 Å². The van der Waals surface area contributed by atoms with Crippen molar-refractivity contribution in [3.8, 4) is 0 Å². The molecule has 0 radical (unpaired) electrons. The molecule has 1 N–H and O–H groups in total. The molecule has 0 aliphatic carbocycles. The summed E-state index contributed by atoms with van der Waals surface area (Å²) in [6.07, 6.45) is 3.06. The average molecular weight is 311 g/mol. The van der Waals surface area contributed by atoms with Crippen molar-refractivity contribution in [3.05, 3.63) is 34.4 Å². The van der Waals surface area contributed by atoms with Crippen LogP contribution >= 0.6 is 0 Å². The third kappa shape index (κ3) is 2.78. The molecule has 2 unspecified atom stereocenters. The zero-order valence-corrected chi connectivity index (χ0v) is 12.3. The second kappa shape index (κ2) is 5.36. The number of hydrogen-bond acceptors (Lipinski definition) is 5. The molecule has 0 saturated carbocycles. The third-order valence-corrected chi connectivity index (χ3v) is 5.92. The number of non-ortho nitro benzene ring substituents is 1. The van der Waals surface area contributed by atoms with Gasteiger partial charge in [-0.05, 0) is 18.9 Å². The van der Waals surface area contributed by atoms with Crippen molar-refractivity contribution in [2.45, 2.75) is 36.2 Å². The van der Waals surface area contributed by atoms with Crippen molar-refractivity contribution in [1.29, 1.82) is 0 Å². The lowest BCUT2D eigenvalue weighted by Crippen LogP contribution is -2.59. The van der Waals surface area contributed by atoms with Crippen LogP contribution in [0.25, 0.3) is 0 Å². The molecule has 0 spiro atoms. The van der Waals surface area contributed by atoms with Crippen LogP contribution in [0.2, 0.25) is 0 Å². The van der Waals surface area contributed by atoms with Gasteiger partial charge < -0.3 is 5.32 Å². The summed E-state index contributed by atoms with van der Waals surface area (Å²) in [6, 6.07) is 5.63.